The SMILES string of the molecule is Cc1cc(/C(=C/C(=O)O)c2ccc(-c3ccccc3)cc2)ccc1N. The van der Waals surface area contributed by atoms with E-state index in [1.54, 1.807) is 6.07 Å². The molecule has 0 fully saturated rings. The third kappa shape index (κ3) is 3.78. The molecule has 0 aliphatic heterocycles. The number of aliphatic carboxylic acids is 1. The van der Waals surface area contributed by atoms with Gasteiger partial charge in [0.15, 0.2) is 0 Å². The summed E-state index contributed by atoms with van der Waals surface area (Å²) in [5.74, 6) is -0.975. The zero-order valence-electron chi connectivity index (χ0n) is 13.9. The number of hydrogen-bond acceptors (Lipinski definition) is 2. The van der Waals surface area contributed by atoms with Crippen molar-refractivity contribution in [2.24, 2.45) is 0 Å². The van der Waals surface area contributed by atoms with E-state index in [1.807, 2.05) is 73.7 Å². The summed E-state index contributed by atoms with van der Waals surface area (Å²) < 4.78 is 0. The standard InChI is InChI=1S/C22H19NO2/c1-15-13-19(11-12-21(15)23)20(14-22(24)25)18-9-7-17(8-10-18)16-5-3-2-4-6-16/h2-14H,23H2,1H3,(H,24,25)/b20-14+. The number of hydrogen-bond donors (Lipinski definition) is 2. The van der Waals surface area contributed by atoms with Crippen LogP contribution in [0.5, 0.6) is 0 Å². The maximum atomic E-state index is 11.3. The van der Waals surface area contributed by atoms with Gasteiger partial charge in [-0.25, -0.2) is 4.79 Å². The van der Waals surface area contributed by atoms with E-state index in [9.17, 15) is 9.90 Å². The van der Waals surface area contributed by atoms with Crippen molar-refractivity contribution in [1.82, 2.24) is 0 Å². The Morgan fingerprint density at radius 2 is 1.48 bits per heavy atom. The summed E-state index contributed by atoms with van der Waals surface area (Å²) in [5, 5.41) is 9.26. The molecule has 0 atom stereocenters. The fraction of sp³-hybridized carbons (Fsp3) is 0.0455. The number of rotatable bonds is 4. The van der Waals surface area contributed by atoms with Crippen LogP contribution in [-0.2, 0) is 4.79 Å². The molecule has 25 heavy (non-hydrogen) atoms. The van der Waals surface area contributed by atoms with Gasteiger partial charge in [-0.05, 0) is 52.4 Å². The average Bonchev–Trinajstić information content (AvgIpc) is 2.63. The predicted molar refractivity (Wildman–Crippen MR) is 102 cm³/mol. The first-order valence-corrected chi connectivity index (χ1v) is 8.01. The van der Waals surface area contributed by atoms with Gasteiger partial charge in [0, 0.05) is 11.8 Å². The number of nitrogen functional groups attached to an aromatic ring is 1. The molecule has 3 aromatic carbocycles. The zero-order chi connectivity index (χ0) is 17.8. The van der Waals surface area contributed by atoms with Gasteiger partial charge in [0.1, 0.15) is 0 Å². The minimum Gasteiger partial charge on any atom is -0.478 e. The van der Waals surface area contributed by atoms with Gasteiger partial charge in [-0.2, -0.15) is 0 Å². The van der Waals surface area contributed by atoms with Gasteiger partial charge in [-0.15, -0.1) is 0 Å². The molecule has 0 heterocycles. The van der Waals surface area contributed by atoms with E-state index in [2.05, 4.69) is 0 Å². The van der Waals surface area contributed by atoms with Crippen LogP contribution in [0.3, 0.4) is 0 Å². The Balaban J connectivity index is 2.02. The Hall–Kier alpha value is -3.33. The molecule has 3 rings (SSSR count). The van der Waals surface area contributed by atoms with Crippen molar-refractivity contribution in [3.63, 3.8) is 0 Å². The van der Waals surface area contributed by atoms with Crippen molar-refractivity contribution < 1.29 is 9.90 Å². The summed E-state index contributed by atoms with van der Waals surface area (Å²) >= 11 is 0. The van der Waals surface area contributed by atoms with Crippen molar-refractivity contribution in [3.05, 3.63) is 95.6 Å². The maximum absolute atomic E-state index is 11.3. The molecule has 0 amide bonds. The molecule has 124 valence electrons. The highest BCUT2D eigenvalue weighted by Gasteiger charge is 2.09. The molecule has 3 aromatic rings. The molecule has 0 saturated heterocycles. The van der Waals surface area contributed by atoms with Crippen LogP contribution >= 0.6 is 0 Å². The molecule has 0 saturated carbocycles. The number of benzene rings is 3. The second-order valence-electron chi connectivity index (χ2n) is 5.91. The van der Waals surface area contributed by atoms with E-state index >= 15 is 0 Å². The smallest absolute Gasteiger partial charge is 0.328 e. The molecule has 0 spiro atoms. The third-order valence-electron chi connectivity index (χ3n) is 4.15. The van der Waals surface area contributed by atoms with E-state index in [0.717, 1.165) is 27.8 Å². The number of carboxylic acids is 1. The van der Waals surface area contributed by atoms with Gasteiger partial charge in [0.25, 0.3) is 0 Å². The minimum atomic E-state index is -0.975. The van der Waals surface area contributed by atoms with Crippen LogP contribution in [-0.4, -0.2) is 11.1 Å². The summed E-state index contributed by atoms with van der Waals surface area (Å²) in [6.45, 7) is 1.91. The first-order chi connectivity index (χ1) is 12.0. The normalized spacial score (nSPS) is 11.3. The van der Waals surface area contributed by atoms with Crippen LogP contribution in [0.1, 0.15) is 16.7 Å². The molecular formula is C22H19NO2. The summed E-state index contributed by atoms with van der Waals surface area (Å²) in [4.78, 5) is 11.3. The Kier molecular flexibility index (Phi) is 4.66. The fourth-order valence-corrected chi connectivity index (χ4v) is 2.77. The first kappa shape index (κ1) is 16.5. The molecule has 3 heteroatoms. The largest absolute Gasteiger partial charge is 0.478 e. The molecule has 0 radical (unpaired) electrons. The highest BCUT2D eigenvalue weighted by molar-refractivity contribution is 5.95. The third-order valence-corrected chi connectivity index (χ3v) is 4.15. The molecule has 0 aliphatic rings. The first-order valence-electron chi connectivity index (χ1n) is 8.01. The van der Waals surface area contributed by atoms with Crippen molar-refractivity contribution >= 4 is 17.2 Å². The van der Waals surface area contributed by atoms with E-state index in [-0.39, 0.29) is 0 Å². The Labute approximate surface area is 147 Å². The van der Waals surface area contributed by atoms with E-state index in [4.69, 9.17) is 5.73 Å². The lowest BCUT2D eigenvalue weighted by molar-refractivity contribution is -0.131. The number of carboxylic acid groups (broad SMARTS) is 1. The number of carbonyl (C=O) groups is 1. The lowest BCUT2D eigenvalue weighted by atomic mass is 9.94. The van der Waals surface area contributed by atoms with Gasteiger partial charge in [-0.3, -0.25) is 0 Å². The van der Waals surface area contributed by atoms with E-state index < -0.39 is 5.97 Å². The van der Waals surface area contributed by atoms with Crippen molar-refractivity contribution in [1.29, 1.82) is 0 Å². The summed E-state index contributed by atoms with van der Waals surface area (Å²) in [6, 6.07) is 23.5. The van der Waals surface area contributed by atoms with Gasteiger partial charge >= 0.3 is 5.97 Å². The van der Waals surface area contributed by atoms with Crippen molar-refractivity contribution in [2.75, 3.05) is 5.73 Å². The Morgan fingerprint density at radius 3 is 2.08 bits per heavy atom. The van der Waals surface area contributed by atoms with Crippen molar-refractivity contribution in [3.8, 4) is 11.1 Å². The maximum Gasteiger partial charge on any atom is 0.328 e. The highest BCUT2D eigenvalue weighted by atomic mass is 16.4. The predicted octanol–water partition coefficient (Wildman–Crippen LogP) is 4.76. The van der Waals surface area contributed by atoms with Crippen LogP contribution in [0.2, 0.25) is 0 Å². The number of anilines is 1. The molecule has 0 bridgehead atoms. The topological polar surface area (TPSA) is 63.3 Å². The van der Waals surface area contributed by atoms with Gasteiger partial charge < -0.3 is 10.8 Å². The summed E-state index contributed by atoms with van der Waals surface area (Å²) in [6.07, 6.45) is 1.24. The average molecular weight is 329 g/mol. The van der Waals surface area contributed by atoms with Gasteiger partial charge in [0.05, 0.1) is 0 Å². The lowest BCUT2D eigenvalue weighted by Gasteiger charge is -2.11. The Morgan fingerprint density at radius 1 is 0.880 bits per heavy atom. The lowest BCUT2D eigenvalue weighted by Crippen LogP contribution is -1.97. The fourth-order valence-electron chi connectivity index (χ4n) is 2.77. The second kappa shape index (κ2) is 7.05. The zero-order valence-corrected chi connectivity index (χ0v) is 13.9. The van der Waals surface area contributed by atoms with E-state index in [1.165, 1.54) is 6.08 Å². The summed E-state index contributed by atoms with van der Waals surface area (Å²) in [5.41, 5.74) is 12.1. The van der Waals surface area contributed by atoms with Gasteiger partial charge in [-0.1, -0.05) is 60.7 Å². The molecule has 3 nitrogen and oxygen atoms in total. The molecule has 0 unspecified atom stereocenters. The Bertz CT molecular complexity index is 926. The molecule has 0 aliphatic carbocycles. The highest BCUT2D eigenvalue weighted by Crippen LogP contribution is 2.28. The van der Waals surface area contributed by atoms with Crippen LogP contribution in [0.15, 0.2) is 78.9 Å². The number of aryl methyl sites for hydroxylation is 1. The number of nitrogens with two attached hydrogens (primary N) is 1. The van der Waals surface area contributed by atoms with Crippen LogP contribution < -0.4 is 5.73 Å². The van der Waals surface area contributed by atoms with Crippen LogP contribution in [0.4, 0.5) is 5.69 Å². The summed E-state index contributed by atoms with van der Waals surface area (Å²) in [7, 11) is 0. The van der Waals surface area contributed by atoms with E-state index in [0.29, 0.717) is 11.3 Å². The van der Waals surface area contributed by atoms with Crippen molar-refractivity contribution in [2.45, 2.75) is 6.92 Å². The van der Waals surface area contributed by atoms with Crippen LogP contribution in [0.25, 0.3) is 16.7 Å². The quantitative estimate of drug-likeness (QED) is 0.536. The molecule has 3 N–H and O–H groups in total. The van der Waals surface area contributed by atoms with Gasteiger partial charge in [0.2, 0.25) is 0 Å². The van der Waals surface area contributed by atoms with Crippen LogP contribution in [0, 0.1) is 6.92 Å². The molecular weight excluding hydrogens is 310 g/mol. The second-order valence-corrected chi connectivity index (χ2v) is 5.91. The molecule has 0 aromatic heterocycles. The minimum absolute atomic E-state index is 0.662. The monoisotopic (exact) mass is 329 g/mol.